The van der Waals surface area contributed by atoms with Gasteiger partial charge in [-0.2, -0.15) is 0 Å². The van der Waals surface area contributed by atoms with Crippen LogP contribution in [0.3, 0.4) is 0 Å². The van der Waals surface area contributed by atoms with Gasteiger partial charge in [0.05, 0.1) is 6.10 Å². The zero-order chi connectivity index (χ0) is 14.7. The lowest BCUT2D eigenvalue weighted by Gasteiger charge is -2.22. The summed E-state index contributed by atoms with van der Waals surface area (Å²) < 4.78 is 13.3. The van der Waals surface area contributed by atoms with E-state index in [9.17, 15) is 9.50 Å². The molecule has 2 aromatic carbocycles. The summed E-state index contributed by atoms with van der Waals surface area (Å²) >= 11 is 11.9. The Morgan fingerprint density at radius 2 is 1.70 bits per heavy atom. The molecule has 0 aliphatic carbocycles. The molecular weight excluding hydrogens is 300 g/mol. The number of hydrogen-bond donors (Lipinski definition) is 2. The summed E-state index contributed by atoms with van der Waals surface area (Å²) in [5, 5.41) is 11.3. The van der Waals surface area contributed by atoms with Crippen LogP contribution >= 0.6 is 23.2 Å². The maximum atomic E-state index is 13.3. The van der Waals surface area contributed by atoms with Crippen LogP contribution in [0, 0.1) is 5.82 Å². The highest BCUT2D eigenvalue weighted by molar-refractivity contribution is 6.34. The van der Waals surface area contributed by atoms with Gasteiger partial charge in [0.25, 0.3) is 0 Å². The van der Waals surface area contributed by atoms with E-state index in [4.69, 9.17) is 28.9 Å². The highest BCUT2D eigenvalue weighted by atomic mass is 35.5. The Labute approximate surface area is 126 Å². The lowest BCUT2D eigenvalue weighted by atomic mass is 9.89. The lowest BCUT2D eigenvalue weighted by Crippen LogP contribution is -2.20. The highest BCUT2D eigenvalue weighted by Gasteiger charge is 2.22. The number of benzene rings is 2. The van der Waals surface area contributed by atoms with Gasteiger partial charge < -0.3 is 10.8 Å². The van der Waals surface area contributed by atoms with Crippen LogP contribution in [-0.4, -0.2) is 11.7 Å². The van der Waals surface area contributed by atoms with Crippen molar-refractivity contribution < 1.29 is 9.50 Å². The van der Waals surface area contributed by atoms with E-state index in [1.165, 1.54) is 12.1 Å². The summed E-state index contributed by atoms with van der Waals surface area (Å²) in [5.41, 5.74) is 6.91. The average molecular weight is 314 g/mol. The summed E-state index contributed by atoms with van der Waals surface area (Å²) in [6, 6.07) is 10.9. The van der Waals surface area contributed by atoms with Gasteiger partial charge in [-0.05, 0) is 41.5 Å². The number of aliphatic hydroxyl groups is 1. The van der Waals surface area contributed by atoms with Gasteiger partial charge in [-0.3, -0.25) is 0 Å². The molecule has 2 atom stereocenters. The Morgan fingerprint density at radius 1 is 1.05 bits per heavy atom. The summed E-state index contributed by atoms with van der Waals surface area (Å²) in [4.78, 5) is 0. The van der Waals surface area contributed by atoms with Crippen molar-refractivity contribution in [2.45, 2.75) is 12.0 Å². The fraction of sp³-hybridized carbons (Fsp3) is 0.200. The van der Waals surface area contributed by atoms with Crippen molar-refractivity contribution in [3.63, 3.8) is 0 Å². The first kappa shape index (κ1) is 15.3. The standard InChI is InChI=1S/C15H14Cl2FNO/c16-11-4-10(5-12(17)7-11)15(20)14(8-19)9-2-1-3-13(18)6-9/h1-7,14-15,20H,8,19H2. The molecule has 0 aliphatic rings. The van der Waals surface area contributed by atoms with Gasteiger partial charge in [0.2, 0.25) is 0 Å². The third-order valence-electron chi connectivity index (χ3n) is 3.14. The average Bonchev–Trinajstić information content (AvgIpc) is 2.38. The van der Waals surface area contributed by atoms with E-state index < -0.39 is 12.0 Å². The predicted molar refractivity (Wildman–Crippen MR) is 79.6 cm³/mol. The number of halogens is 3. The second kappa shape index (κ2) is 6.55. The molecule has 0 aromatic heterocycles. The first-order chi connectivity index (χ1) is 9.51. The van der Waals surface area contributed by atoms with E-state index in [-0.39, 0.29) is 12.4 Å². The quantitative estimate of drug-likeness (QED) is 0.899. The molecule has 20 heavy (non-hydrogen) atoms. The number of nitrogens with two attached hydrogens (primary N) is 1. The number of aliphatic hydroxyl groups excluding tert-OH is 1. The molecular formula is C15H14Cl2FNO. The predicted octanol–water partition coefficient (Wildman–Crippen LogP) is 3.91. The van der Waals surface area contributed by atoms with Crippen LogP contribution in [0.1, 0.15) is 23.1 Å². The number of hydrogen-bond acceptors (Lipinski definition) is 2. The Morgan fingerprint density at radius 3 is 2.25 bits per heavy atom. The molecule has 0 saturated heterocycles. The van der Waals surface area contributed by atoms with Gasteiger partial charge in [-0.25, -0.2) is 4.39 Å². The van der Waals surface area contributed by atoms with Crippen LogP contribution in [-0.2, 0) is 0 Å². The Kier molecular flexibility index (Phi) is 5.00. The SMILES string of the molecule is NCC(c1cccc(F)c1)C(O)c1cc(Cl)cc(Cl)c1. The molecule has 0 saturated carbocycles. The molecule has 2 aromatic rings. The molecule has 2 rings (SSSR count). The maximum absolute atomic E-state index is 13.3. The fourth-order valence-electron chi connectivity index (χ4n) is 2.16. The topological polar surface area (TPSA) is 46.2 Å². The van der Waals surface area contributed by atoms with Gasteiger partial charge in [0.1, 0.15) is 5.82 Å². The minimum atomic E-state index is -0.905. The van der Waals surface area contributed by atoms with Gasteiger partial charge in [0.15, 0.2) is 0 Å². The zero-order valence-electron chi connectivity index (χ0n) is 10.6. The van der Waals surface area contributed by atoms with E-state index >= 15 is 0 Å². The molecule has 2 nitrogen and oxygen atoms in total. The van der Waals surface area contributed by atoms with Crippen molar-refractivity contribution in [3.8, 4) is 0 Å². The smallest absolute Gasteiger partial charge is 0.123 e. The summed E-state index contributed by atoms with van der Waals surface area (Å²) in [5.74, 6) is -0.794. The Hall–Kier alpha value is -1.13. The second-order valence-corrected chi connectivity index (χ2v) is 5.42. The van der Waals surface area contributed by atoms with E-state index in [1.807, 2.05) is 0 Å². The van der Waals surface area contributed by atoms with Crippen molar-refractivity contribution in [2.24, 2.45) is 5.73 Å². The molecule has 0 fully saturated rings. The summed E-state index contributed by atoms with van der Waals surface area (Å²) in [6.45, 7) is 0.175. The van der Waals surface area contributed by atoms with E-state index in [0.717, 1.165) is 0 Å². The van der Waals surface area contributed by atoms with Crippen LogP contribution in [0.2, 0.25) is 10.0 Å². The monoisotopic (exact) mass is 313 g/mol. The summed E-state index contributed by atoms with van der Waals surface area (Å²) in [7, 11) is 0. The Balaban J connectivity index is 2.35. The second-order valence-electron chi connectivity index (χ2n) is 4.54. The Bertz CT molecular complexity index is 586. The summed E-state index contributed by atoms with van der Waals surface area (Å²) in [6.07, 6.45) is -0.905. The number of rotatable bonds is 4. The third kappa shape index (κ3) is 3.49. The molecule has 0 amide bonds. The molecule has 0 radical (unpaired) electrons. The van der Waals surface area contributed by atoms with Crippen LogP contribution in [0.5, 0.6) is 0 Å². The highest BCUT2D eigenvalue weighted by Crippen LogP contribution is 2.33. The molecule has 0 spiro atoms. The van der Waals surface area contributed by atoms with Crippen molar-refractivity contribution >= 4 is 23.2 Å². The fourth-order valence-corrected chi connectivity index (χ4v) is 2.71. The van der Waals surface area contributed by atoms with Gasteiger partial charge in [-0.15, -0.1) is 0 Å². The minimum Gasteiger partial charge on any atom is -0.388 e. The van der Waals surface area contributed by atoms with Crippen molar-refractivity contribution in [1.29, 1.82) is 0 Å². The van der Waals surface area contributed by atoms with E-state index in [1.54, 1.807) is 30.3 Å². The van der Waals surface area contributed by atoms with Gasteiger partial charge in [0, 0.05) is 22.5 Å². The molecule has 0 bridgehead atoms. The molecule has 0 heterocycles. The molecule has 106 valence electrons. The van der Waals surface area contributed by atoms with Crippen molar-refractivity contribution in [3.05, 3.63) is 69.5 Å². The first-order valence-corrected chi connectivity index (χ1v) is 6.86. The van der Waals surface area contributed by atoms with Crippen LogP contribution in [0.4, 0.5) is 4.39 Å². The van der Waals surface area contributed by atoms with E-state index in [2.05, 4.69) is 0 Å². The first-order valence-electron chi connectivity index (χ1n) is 6.11. The maximum Gasteiger partial charge on any atom is 0.123 e. The van der Waals surface area contributed by atoms with Crippen molar-refractivity contribution in [1.82, 2.24) is 0 Å². The molecule has 2 unspecified atom stereocenters. The van der Waals surface area contributed by atoms with Gasteiger partial charge >= 0.3 is 0 Å². The van der Waals surface area contributed by atoms with Gasteiger partial charge in [-0.1, -0.05) is 35.3 Å². The minimum absolute atomic E-state index is 0.175. The van der Waals surface area contributed by atoms with E-state index in [0.29, 0.717) is 21.2 Å². The van der Waals surface area contributed by atoms with Crippen LogP contribution in [0.15, 0.2) is 42.5 Å². The molecule has 3 N–H and O–H groups in total. The third-order valence-corrected chi connectivity index (χ3v) is 3.57. The van der Waals surface area contributed by atoms with Crippen molar-refractivity contribution in [2.75, 3.05) is 6.54 Å². The van der Waals surface area contributed by atoms with Crippen LogP contribution in [0.25, 0.3) is 0 Å². The molecule has 0 aliphatic heterocycles. The lowest BCUT2D eigenvalue weighted by molar-refractivity contribution is 0.147. The largest absolute Gasteiger partial charge is 0.388 e. The zero-order valence-corrected chi connectivity index (χ0v) is 12.1. The van der Waals surface area contributed by atoms with Crippen LogP contribution < -0.4 is 5.73 Å². The normalized spacial score (nSPS) is 14.1. The molecule has 5 heteroatoms.